The number of nitrogens with zero attached hydrogens (tertiary/aromatic N) is 1. The third-order valence-electron chi connectivity index (χ3n) is 3.27. The van der Waals surface area contributed by atoms with E-state index < -0.39 is 23.6 Å². The quantitative estimate of drug-likeness (QED) is 0.589. The number of hydrogen-bond donors (Lipinski definition) is 4. The van der Waals surface area contributed by atoms with Gasteiger partial charge in [0.2, 0.25) is 0 Å². The lowest BCUT2D eigenvalue weighted by molar-refractivity contribution is -0.141. The molecule has 1 heterocycles. The van der Waals surface area contributed by atoms with Crippen LogP contribution >= 0.6 is 11.6 Å². The van der Waals surface area contributed by atoms with Crippen molar-refractivity contribution < 1.29 is 14.7 Å². The summed E-state index contributed by atoms with van der Waals surface area (Å²) in [6.07, 6.45) is 1.47. The standard InChI is InChI=1S/C16H15ClN4O3/c17-10-4-1-3-9(7-10)8-12(16(23)24)21-15(22)13(18)11-5-2-6-20-14(11)19/h1-7,12,18H,8H2,(H2,19,20)(H,21,22)(H,23,24). The number of aliphatic carboxylic acids is 1. The fraction of sp³-hybridized carbons (Fsp3) is 0.125. The maximum absolute atomic E-state index is 12.2. The average molecular weight is 347 g/mol. The number of hydrogen-bond acceptors (Lipinski definition) is 5. The van der Waals surface area contributed by atoms with Gasteiger partial charge in [-0.2, -0.15) is 0 Å². The molecule has 1 aromatic carbocycles. The van der Waals surface area contributed by atoms with Gasteiger partial charge in [-0.1, -0.05) is 23.7 Å². The third kappa shape index (κ3) is 4.30. The minimum Gasteiger partial charge on any atom is -0.480 e. The van der Waals surface area contributed by atoms with Crippen LogP contribution in [0.25, 0.3) is 0 Å². The maximum Gasteiger partial charge on any atom is 0.326 e. The molecule has 124 valence electrons. The number of pyridine rings is 1. The van der Waals surface area contributed by atoms with Gasteiger partial charge in [0.15, 0.2) is 0 Å². The molecule has 1 amide bonds. The summed E-state index contributed by atoms with van der Waals surface area (Å²) in [6.45, 7) is 0. The second-order valence-electron chi connectivity index (χ2n) is 5.01. The summed E-state index contributed by atoms with van der Waals surface area (Å²) in [4.78, 5) is 27.4. The Morgan fingerprint density at radius 3 is 2.71 bits per heavy atom. The van der Waals surface area contributed by atoms with Crippen LogP contribution in [0, 0.1) is 5.41 Å². The topological polar surface area (TPSA) is 129 Å². The highest BCUT2D eigenvalue weighted by Gasteiger charge is 2.24. The maximum atomic E-state index is 12.2. The van der Waals surface area contributed by atoms with Crippen molar-refractivity contribution in [3.05, 3.63) is 58.7 Å². The van der Waals surface area contributed by atoms with Gasteiger partial charge in [0.25, 0.3) is 5.91 Å². The molecule has 24 heavy (non-hydrogen) atoms. The number of carbonyl (C=O) groups excluding carboxylic acids is 1. The summed E-state index contributed by atoms with van der Waals surface area (Å²) in [6, 6.07) is 8.49. The first-order valence-corrected chi connectivity index (χ1v) is 7.34. The number of amides is 1. The van der Waals surface area contributed by atoms with Crippen LogP contribution in [0.15, 0.2) is 42.6 Å². The van der Waals surface area contributed by atoms with Crippen molar-refractivity contribution in [2.75, 3.05) is 5.73 Å². The predicted molar refractivity (Wildman–Crippen MR) is 90.2 cm³/mol. The highest BCUT2D eigenvalue weighted by molar-refractivity contribution is 6.45. The number of nitrogens with two attached hydrogens (primary N) is 1. The Labute approximate surface area is 143 Å². The largest absolute Gasteiger partial charge is 0.480 e. The van der Waals surface area contributed by atoms with Gasteiger partial charge in [-0.3, -0.25) is 10.2 Å². The smallest absolute Gasteiger partial charge is 0.326 e. The normalized spacial score (nSPS) is 11.5. The molecule has 5 N–H and O–H groups in total. The predicted octanol–water partition coefficient (Wildman–Crippen LogP) is 1.50. The van der Waals surface area contributed by atoms with Gasteiger partial charge < -0.3 is 16.2 Å². The summed E-state index contributed by atoms with van der Waals surface area (Å²) < 4.78 is 0. The lowest BCUT2D eigenvalue weighted by Crippen LogP contribution is -2.45. The molecular formula is C16H15ClN4O3. The van der Waals surface area contributed by atoms with Crippen LogP contribution in [-0.2, 0) is 16.0 Å². The van der Waals surface area contributed by atoms with Gasteiger partial charge in [0.1, 0.15) is 17.6 Å². The molecule has 0 spiro atoms. The van der Waals surface area contributed by atoms with E-state index in [1.165, 1.54) is 18.3 Å². The van der Waals surface area contributed by atoms with Gasteiger partial charge in [0.05, 0.1) is 0 Å². The Morgan fingerprint density at radius 2 is 2.08 bits per heavy atom. The van der Waals surface area contributed by atoms with Crippen LogP contribution in [0.5, 0.6) is 0 Å². The third-order valence-corrected chi connectivity index (χ3v) is 3.50. The molecule has 0 saturated carbocycles. The summed E-state index contributed by atoms with van der Waals surface area (Å²) in [5, 5.41) is 20.0. The van der Waals surface area contributed by atoms with E-state index in [2.05, 4.69) is 10.3 Å². The number of rotatable bonds is 6. The molecule has 0 saturated heterocycles. The Balaban J connectivity index is 2.13. The van der Waals surface area contributed by atoms with Gasteiger partial charge >= 0.3 is 5.97 Å². The second kappa shape index (κ2) is 7.56. The fourth-order valence-corrected chi connectivity index (χ4v) is 2.29. The summed E-state index contributed by atoms with van der Waals surface area (Å²) in [5.74, 6) is -2.03. The fourth-order valence-electron chi connectivity index (χ4n) is 2.08. The summed E-state index contributed by atoms with van der Waals surface area (Å²) in [5.41, 5.74) is 5.98. The Morgan fingerprint density at radius 1 is 1.33 bits per heavy atom. The molecule has 0 aliphatic heterocycles. The van der Waals surface area contributed by atoms with Crippen LogP contribution in [-0.4, -0.2) is 33.7 Å². The van der Waals surface area contributed by atoms with Crippen molar-refractivity contribution in [3.8, 4) is 0 Å². The molecule has 0 aliphatic carbocycles. The number of benzene rings is 1. The van der Waals surface area contributed by atoms with Gasteiger partial charge in [-0.25, -0.2) is 9.78 Å². The summed E-state index contributed by atoms with van der Waals surface area (Å²) >= 11 is 5.87. The molecule has 8 heteroatoms. The van der Waals surface area contributed by atoms with Crippen LogP contribution < -0.4 is 11.1 Å². The SMILES string of the molecule is N=C(C(=O)NC(Cc1cccc(Cl)c1)C(=O)O)c1cccnc1N. The Hall–Kier alpha value is -2.93. The van der Waals surface area contributed by atoms with E-state index in [1.807, 2.05) is 0 Å². The molecule has 0 fully saturated rings. The van der Waals surface area contributed by atoms with E-state index in [9.17, 15) is 14.7 Å². The zero-order valence-corrected chi connectivity index (χ0v) is 13.2. The number of nitrogens with one attached hydrogen (secondary N) is 2. The van der Waals surface area contributed by atoms with Crippen molar-refractivity contribution in [1.29, 1.82) is 5.41 Å². The molecule has 0 radical (unpaired) electrons. The van der Waals surface area contributed by atoms with Gasteiger partial charge in [-0.05, 0) is 29.8 Å². The molecule has 1 atom stereocenters. The van der Waals surface area contributed by atoms with Crippen molar-refractivity contribution in [2.24, 2.45) is 0 Å². The highest BCUT2D eigenvalue weighted by Crippen LogP contribution is 2.13. The molecule has 0 bridgehead atoms. The van der Waals surface area contributed by atoms with E-state index in [0.717, 1.165) is 0 Å². The monoisotopic (exact) mass is 346 g/mol. The van der Waals surface area contributed by atoms with E-state index in [4.69, 9.17) is 22.7 Å². The van der Waals surface area contributed by atoms with Crippen LogP contribution in [0.3, 0.4) is 0 Å². The van der Waals surface area contributed by atoms with Crippen molar-refractivity contribution >= 4 is 35.0 Å². The zero-order valence-electron chi connectivity index (χ0n) is 12.5. The van der Waals surface area contributed by atoms with Gasteiger partial charge in [0, 0.05) is 23.2 Å². The van der Waals surface area contributed by atoms with Crippen LogP contribution in [0.2, 0.25) is 5.02 Å². The Bertz CT molecular complexity index is 794. The first-order valence-electron chi connectivity index (χ1n) is 6.96. The number of aromatic nitrogens is 1. The lowest BCUT2D eigenvalue weighted by Gasteiger charge is -2.15. The van der Waals surface area contributed by atoms with Crippen molar-refractivity contribution in [2.45, 2.75) is 12.5 Å². The van der Waals surface area contributed by atoms with Gasteiger partial charge in [-0.15, -0.1) is 0 Å². The molecule has 1 aromatic heterocycles. The number of carboxylic acid groups (broad SMARTS) is 1. The van der Waals surface area contributed by atoms with E-state index in [-0.39, 0.29) is 17.8 Å². The van der Waals surface area contributed by atoms with Crippen LogP contribution in [0.1, 0.15) is 11.1 Å². The molecule has 1 unspecified atom stereocenters. The highest BCUT2D eigenvalue weighted by atomic mass is 35.5. The van der Waals surface area contributed by atoms with Crippen molar-refractivity contribution in [3.63, 3.8) is 0 Å². The number of carbonyl (C=O) groups is 2. The number of halogens is 1. The Kier molecular flexibility index (Phi) is 5.49. The minimum absolute atomic E-state index is 0.0272. The number of nitrogen functional groups attached to an aromatic ring is 1. The second-order valence-corrected chi connectivity index (χ2v) is 5.45. The molecule has 2 rings (SSSR count). The minimum atomic E-state index is -1.21. The molecular weight excluding hydrogens is 332 g/mol. The van der Waals surface area contributed by atoms with E-state index in [0.29, 0.717) is 10.6 Å². The lowest BCUT2D eigenvalue weighted by atomic mass is 10.0. The first kappa shape index (κ1) is 17.4. The molecule has 2 aromatic rings. The number of carboxylic acids is 1. The van der Waals surface area contributed by atoms with Crippen molar-refractivity contribution in [1.82, 2.24) is 10.3 Å². The average Bonchev–Trinajstić information content (AvgIpc) is 2.54. The molecule has 7 nitrogen and oxygen atoms in total. The van der Waals surface area contributed by atoms with E-state index in [1.54, 1.807) is 24.3 Å². The first-order chi connectivity index (χ1) is 11.4. The van der Waals surface area contributed by atoms with Crippen LogP contribution in [0.4, 0.5) is 5.82 Å². The zero-order chi connectivity index (χ0) is 17.7. The number of anilines is 1. The van der Waals surface area contributed by atoms with E-state index >= 15 is 0 Å². The molecule has 0 aliphatic rings. The summed E-state index contributed by atoms with van der Waals surface area (Å²) in [7, 11) is 0.